The van der Waals surface area contributed by atoms with Crippen LogP contribution in [0.4, 0.5) is 0 Å². The van der Waals surface area contributed by atoms with Crippen molar-refractivity contribution in [2.24, 2.45) is 5.73 Å². The lowest BCUT2D eigenvalue weighted by Crippen LogP contribution is -2.25. The molecular weight excluding hydrogens is 244 g/mol. The number of nitrogens with one attached hydrogen (secondary N) is 1. The molecule has 2 rings (SSSR count). The summed E-state index contributed by atoms with van der Waals surface area (Å²) in [4.78, 5) is 0. The molecule has 1 fully saturated rings. The van der Waals surface area contributed by atoms with Crippen molar-refractivity contribution in [3.63, 3.8) is 0 Å². The van der Waals surface area contributed by atoms with Crippen molar-refractivity contribution in [1.29, 1.82) is 5.41 Å². The normalized spacial score (nSPS) is 18.9. The molecule has 0 spiro atoms. The van der Waals surface area contributed by atoms with Gasteiger partial charge in [0.25, 0.3) is 0 Å². The number of hydrogen-bond donors (Lipinski definition) is 2. The highest BCUT2D eigenvalue weighted by molar-refractivity contribution is 5.95. The molecule has 0 aliphatic carbocycles. The van der Waals surface area contributed by atoms with Gasteiger partial charge in [-0.05, 0) is 37.5 Å². The van der Waals surface area contributed by atoms with Gasteiger partial charge in [0.2, 0.25) is 0 Å². The minimum Gasteiger partial charge on any atom is -0.493 e. The maximum atomic E-state index is 7.40. The third-order valence-electron chi connectivity index (χ3n) is 3.17. The summed E-state index contributed by atoms with van der Waals surface area (Å²) in [6.07, 6.45) is 3.51. The van der Waals surface area contributed by atoms with Crippen LogP contribution in [0.15, 0.2) is 18.2 Å². The van der Waals surface area contributed by atoms with Gasteiger partial charge in [-0.1, -0.05) is 0 Å². The Bertz CT molecular complexity index is 442. The summed E-state index contributed by atoms with van der Waals surface area (Å²) in [5.74, 6) is 1.26. The van der Waals surface area contributed by atoms with Crippen molar-refractivity contribution in [3.05, 3.63) is 23.8 Å². The van der Waals surface area contributed by atoms with Crippen molar-refractivity contribution in [2.75, 3.05) is 20.3 Å². The lowest BCUT2D eigenvalue weighted by Gasteiger charge is -2.23. The standard InChI is InChI=1S/C14H20N2O3/c1-17-13-8-10(14(15)16)5-6-12(13)19-9-11-4-2-3-7-18-11/h5-6,8,11H,2-4,7,9H2,1H3,(H3,15,16). The van der Waals surface area contributed by atoms with Gasteiger partial charge in [0.15, 0.2) is 11.5 Å². The fourth-order valence-electron chi connectivity index (χ4n) is 2.08. The van der Waals surface area contributed by atoms with Crippen molar-refractivity contribution in [2.45, 2.75) is 25.4 Å². The SMILES string of the molecule is COc1cc(C(=N)N)ccc1OCC1CCCCO1. The van der Waals surface area contributed by atoms with Gasteiger partial charge in [0, 0.05) is 12.2 Å². The second kappa shape index (κ2) is 6.43. The number of hydrogen-bond acceptors (Lipinski definition) is 4. The van der Waals surface area contributed by atoms with Gasteiger partial charge < -0.3 is 19.9 Å². The zero-order valence-corrected chi connectivity index (χ0v) is 11.1. The van der Waals surface area contributed by atoms with Gasteiger partial charge >= 0.3 is 0 Å². The lowest BCUT2D eigenvalue weighted by atomic mass is 10.1. The largest absolute Gasteiger partial charge is 0.493 e. The van der Waals surface area contributed by atoms with Crippen LogP contribution in [0, 0.1) is 5.41 Å². The third kappa shape index (κ3) is 3.61. The first kappa shape index (κ1) is 13.7. The molecule has 1 aromatic carbocycles. The fourth-order valence-corrected chi connectivity index (χ4v) is 2.08. The minimum atomic E-state index is 0.0143. The predicted molar refractivity (Wildman–Crippen MR) is 73.1 cm³/mol. The molecule has 1 aromatic rings. The molecule has 0 amide bonds. The van der Waals surface area contributed by atoms with Crippen LogP contribution in [0.25, 0.3) is 0 Å². The zero-order chi connectivity index (χ0) is 13.7. The number of nitrogens with two attached hydrogens (primary N) is 1. The summed E-state index contributed by atoms with van der Waals surface area (Å²) in [5.41, 5.74) is 6.07. The Labute approximate surface area is 113 Å². The van der Waals surface area contributed by atoms with Gasteiger partial charge in [-0.25, -0.2) is 0 Å². The highest BCUT2D eigenvalue weighted by Crippen LogP contribution is 2.28. The zero-order valence-electron chi connectivity index (χ0n) is 11.1. The van der Waals surface area contributed by atoms with E-state index in [1.165, 1.54) is 6.42 Å². The molecule has 0 radical (unpaired) electrons. The van der Waals surface area contributed by atoms with Crippen LogP contribution in [0.1, 0.15) is 24.8 Å². The van der Waals surface area contributed by atoms with Crippen LogP contribution >= 0.6 is 0 Å². The summed E-state index contributed by atoms with van der Waals surface area (Å²) in [6.45, 7) is 1.34. The number of benzene rings is 1. The van der Waals surface area contributed by atoms with E-state index in [0.29, 0.717) is 23.7 Å². The molecule has 1 aliphatic heterocycles. The van der Waals surface area contributed by atoms with Crippen molar-refractivity contribution < 1.29 is 14.2 Å². The molecule has 0 bridgehead atoms. The molecule has 5 nitrogen and oxygen atoms in total. The summed E-state index contributed by atoms with van der Waals surface area (Å²) in [6, 6.07) is 5.24. The summed E-state index contributed by atoms with van der Waals surface area (Å²) in [5, 5.41) is 7.40. The summed E-state index contributed by atoms with van der Waals surface area (Å²) < 4.78 is 16.6. The first-order chi connectivity index (χ1) is 9.20. The Balaban J connectivity index is 2.00. The minimum absolute atomic E-state index is 0.0143. The van der Waals surface area contributed by atoms with E-state index < -0.39 is 0 Å². The molecule has 19 heavy (non-hydrogen) atoms. The Morgan fingerprint density at radius 2 is 2.26 bits per heavy atom. The maximum Gasteiger partial charge on any atom is 0.161 e. The predicted octanol–water partition coefficient (Wildman–Crippen LogP) is 1.93. The number of ether oxygens (including phenoxy) is 3. The van der Waals surface area contributed by atoms with E-state index in [1.807, 2.05) is 0 Å². The Kier molecular flexibility index (Phi) is 4.63. The first-order valence-electron chi connectivity index (χ1n) is 6.47. The molecule has 1 atom stereocenters. The molecule has 1 unspecified atom stereocenters. The van der Waals surface area contributed by atoms with Gasteiger partial charge in [-0.15, -0.1) is 0 Å². The van der Waals surface area contributed by atoms with Crippen LogP contribution in [0.3, 0.4) is 0 Å². The van der Waals surface area contributed by atoms with E-state index in [1.54, 1.807) is 25.3 Å². The van der Waals surface area contributed by atoms with E-state index in [9.17, 15) is 0 Å². The Morgan fingerprint density at radius 1 is 1.42 bits per heavy atom. The van der Waals surface area contributed by atoms with E-state index >= 15 is 0 Å². The number of nitrogen functional groups attached to an aromatic ring is 1. The van der Waals surface area contributed by atoms with Crippen LogP contribution in [0.5, 0.6) is 11.5 Å². The molecule has 1 aliphatic rings. The molecule has 5 heteroatoms. The molecule has 104 valence electrons. The maximum absolute atomic E-state index is 7.40. The van der Waals surface area contributed by atoms with Gasteiger partial charge in [0.05, 0.1) is 13.2 Å². The van der Waals surface area contributed by atoms with E-state index in [4.69, 9.17) is 25.4 Å². The van der Waals surface area contributed by atoms with Crippen LogP contribution in [0.2, 0.25) is 0 Å². The van der Waals surface area contributed by atoms with Crippen LogP contribution < -0.4 is 15.2 Å². The second-order valence-corrected chi connectivity index (χ2v) is 4.58. The molecular formula is C14H20N2O3. The molecule has 0 saturated carbocycles. The third-order valence-corrected chi connectivity index (χ3v) is 3.17. The molecule has 1 saturated heterocycles. The molecule has 3 N–H and O–H groups in total. The highest BCUT2D eigenvalue weighted by atomic mass is 16.5. The molecule has 0 aromatic heterocycles. The quantitative estimate of drug-likeness (QED) is 0.629. The van der Waals surface area contributed by atoms with Crippen molar-refractivity contribution in [3.8, 4) is 11.5 Å². The Morgan fingerprint density at radius 3 is 2.89 bits per heavy atom. The highest BCUT2D eigenvalue weighted by Gasteiger charge is 2.15. The van der Waals surface area contributed by atoms with Crippen molar-refractivity contribution >= 4 is 5.84 Å². The summed E-state index contributed by atoms with van der Waals surface area (Å²) >= 11 is 0. The average molecular weight is 264 g/mol. The summed E-state index contributed by atoms with van der Waals surface area (Å²) in [7, 11) is 1.57. The smallest absolute Gasteiger partial charge is 0.161 e. The monoisotopic (exact) mass is 264 g/mol. The number of methoxy groups -OCH3 is 1. The van der Waals surface area contributed by atoms with E-state index in [-0.39, 0.29) is 11.9 Å². The van der Waals surface area contributed by atoms with Crippen LogP contribution in [-0.4, -0.2) is 32.3 Å². The van der Waals surface area contributed by atoms with E-state index in [2.05, 4.69) is 0 Å². The first-order valence-corrected chi connectivity index (χ1v) is 6.47. The fraction of sp³-hybridized carbons (Fsp3) is 0.500. The van der Waals surface area contributed by atoms with Gasteiger partial charge in [-0.2, -0.15) is 0 Å². The Hall–Kier alpha value is -1.75. The average Bonchev–Trinajstić information content (AvgIpc) is 2.45. The molecule has 1 heterocycles. The van der Waals surface area contributed by atoms with Gasteiger partial charge in [-0.3, -0.25) is 5.41 Å². The lowest BCUT2D eigenvalue weighted by molar-refractivity contribution is -0.0114. The van der Waals surface area contributed by atoms with E-state index in [0.717, 1.165) is 19.4 Å². The van der Waals surface area contributed by atoms with Crippen molar-refractivity contribution in [1.82, 2.24) is 0 Å². The van der Waals surface area contributed by atoms with Gasteiger partial charge in [0.1, 0.15) is 12.4 Å². The van der Waals surface area contributed by atoms with Crippen LogP contribution in [-0.2, 0) is 4.74 Å². The topological polar surface area (TPSA) is 77.6 Å². The second-order valence-electron chi connectivity index (χ2n) is 4.58. The number of rotatable bonds is 5. The number of amidine groups is 1.